The highest BCUT2D eigenvalue weighted by Gasteiger charge is 2.43. The summed E-state index contributed by atoms with van der Waals surface area (Å²) in [6, 6.07) is 4.96. The molecule has 2 heterocycles. The lowest BCUT2D eigenvalue weighted by atomic mass is 9.87. The number of anilines is 1. The highest BCUT2D eigenvalue weighted by molar-refractivity contribution is 5.67. The van der Waals surface area contributed by atoms with Crippen molar-refractivity contribution in [1.82, 2.24) is 9.80 Å². The summed E-state index contributed by atoms with van der Waals surface area (Å²) in [6.07, 6.45) is 0.895. The van der Waals surface area contributed by atoms with Crippen LogP contribution in [0.4, 0.5) is 14.9 Å². The molecule has 1 saturated heterocycles. The molecule has 0 aromatic heterocycles. The van der Waals surface area contributed by atoms with Crippen molar-refractivity contribution < 1.29 is 19.0 Å². The second-order valence-corrected chi connectivity index (χ2v) is 9.57. The smallest absolute Gasteiger partial charge is 0.407 e. The zero-order valence-corrected chi connectivity index (χ0v) is 18.8. The third-order valence-corrected chi connectivity index (χ3v) is 6.43. The van der Waals surface area contributed by atoms with Crippen molar-refractivity contribution >= 4 is 11.8 Å². The number of hydrogen-bond acceptors (Lipinski definition) is 4. The van der Waals surface area contributed by atoms with Gasteiger partial charge in [0.1, 0.15) is 5.82 Å². The predicted molar refractivity (Wildman–Crippen MR) is 117 cm³/mol. The van der Waals surface area contributed by atoms with Gasteiger partial charge < -0.3 is 14.7 Å². The van der Waals surface area contributed by atoms with Gasteiger partial charge in [0, 0.05) is 50.4 Å². The Morgan fingerprint density at radius 3 is 2.63 bits per heavy atom. The van der Waals surface area contributed by atoms with Crippen LogP contribution >= 0.6 is 0 Å². The molecule has 30 heavy (non-hydrogen) atoms. The normalized spacial score (nSPS) is 20.6. The number of hydrogen-bond donors (Lipinski definition) is 1. The summed E-state index contributed by atoms with van der Waals surface area (Å²) in [5.74, 6) is -0.227. The Hall–Kier alpha value is -1.86. The molecular formula is C23H36FN3O3. The molecule has 0 radical (unpaired) electrons. The van der Waals surface area contributed by atoms with Crippen molar-refractivity contribution in [3.8, 4) is 0 Å². The van der Waals surface area contributed by atoms with Gasteiger partial charge >= 0.3 is 6.09 Å². The second kappa shape index (κ2) is 9.10. The molecule has 0 unspecified atom stereocenters. The van der Waals surface area contributed by atoms with E-state index in [0.29, 0.717) is 32.8 Å². The third kappa shape index (κ3) is 4.89. The van der Waals surface area contributed by atoms with Crippen molar-refractivity contribution in [2.24, 2.45) is 0 Å². The molecule has 0 bridgehead atoms. The minimum Gasteiger partial charge on any atom is -0.465 e. The van der Waals surface area contributed by atoms with Gasteiger partial charge in [-0.2, -0.15) is 0 Å². The number of carboxylic acid groups (broad SMARTS) is 1. The highest BCUT2D eigenvalue weighted by Crippen LogP contribution is 2.41. The van der Waals surface area contributed by atoms with Gasteiger partial charge in [0.25, 0.3) is 0 Å². The van der Waals surface area contributed by atoms with Gasteiger partial charge in [0.2, 0.25) is 0 Å². The lowest BCUT2D eigenvalue weighted by molar-refractivity contribution is 0.00398. The summed E-state index contributed by atoms with van der Waals surface area (Å²) < 4.78 is 19.4. The molecule has 168 valence electrons. The van der Waals surface area contributed by atoms with E-state index in [-0.39, 0.29) is 11.2 Å². The Bertz CT molecular complexity index is 751. The molecule has 1 N–H and O–H groups in total. The number of ether oxygens (including phenoxy) is 1. The van der Waals surface area contributed by atoms with Crippen LogP contribution in [0.3, 0.4) is 0 Å². The largest absolute Gasteiger partial charge is 0.465 e. The van der Waals surface area contributed by atoms with Gasteiger partial charge in [-0.25, -0.2) is 9.18 Å². The van der Waals surface area contributed by atoms with Gasteiger partial charge in [0.05, 0.1) is 18.8 Å². The fourth-order valence-electron chi connectivity index (χ4n) is 4.90. The van der Waals surface area contributed by atoms with Crippen LogP contribution in [0.2, 0.25) is 0 Å². The number of halogens is 1. The van der Waals surface area contributed by atoms with E-state index in [4.69, 9.17) is 4.74 Å². The van der Waals surface area contributed by atoms with Crippen LogP contribution in [0, 0.1) is 5.82 Å². The van der Waals surface area contributed by atoms with Gasteiger partial charge in [-0.15, -0.1) is 0 Å². The lowest BCUT2D eigenvalue weighted by Crippen LogP contribution is -2.62. The molecule has 1 amide bonds. The first-order valence-corrected chi connectivity index (χ1v) is 11.0. The minimum atomic E-state index is -0.878. The predicted octanol–water partition coefficient (Wildman–Crippen LogP) is 3.79. The van der Waals surface area contributed by atoms with Crippen LogP contribution in [0.15, 0.2) is 18.2 Å². The summed E-state index contributed by atoms with van der Waals surface area (Å²) >= 11 is 0. The number of amides is 1. The van der Waals surface area contributed by atoms with E-state index in [1.54, 1.807) is 11.0 Å². The zero-order valence-electron chi connectivity index (χ0n) is 18.8. The Morgan fingerprint density at radius 1 is 1.30 bits per heavy atom. The fourth-order valence-corrected chi connectivity index (χ4v) is 4.90. The summed E-state index contributed by atoms with van der Waals surface area (Å²) in [7, 11) is 0. The molecule has 7 heteroatoms. The SMILES string of the molecule is CCCCN(C(=O)O)[C@@](C)(CN1CCOCC1)CN1CC(C)(C)c2cc(F)ccc21. The number of carbonyl (C=O) groups is 1. The molecular weight excluding hydrogens is 385 g/mol. The summed E-state index contributed by atoms with van der Waals surface area (Å²) in [5.41, 5.74) is 1.22. The van der Waals surface area contributed by atoms with Crippen LogP contribution in [-0.4, -0.2) is 79.0 Å². The standard InChI is InChI=1S/C23H36FN3O3/c1-5-6-9-27(21(28)29)23(4,16-25-10-12-30-13-11-25)17-26-15-22(2,3)19-14-18(24)7-8-20(19)26/h7-8,14H,5-6,9-13,15-17H2,1-4H3,(H,28,29)/t23-/m0/s1. The zero-order chi connectivity index (χ0) is 21.9. The average Bonchev–Trinajstić information content (AvgIpc) is 2.91. The van der Waals surface area contributed by atoms with E-state index in [1.165, 1.54) is 6.07 Å². The molecule has 0 saturated carbocycles. The maximum atomic E-state index is 13.9. The van der Waals surface area contributed by atoms with Gasteiger partial charge in [0.15, 0.2) is 0 Å². The monoisotopic (exact) mass is 421 g/mol. The van der Waals surface area contributed by atoms with Gasteiger partial charge in [-0.05, 0) is 37.1 Å². The van der Waals surface area contributed by atoms with E-state index in [9.17, 15) is 14.3 Å². The highest BCUT2D eigenvalue weighted by atomic mass is 19.1. The topological polar surface area (TPSA) is 56.3 Å². The molecule has 0 spiro atoms. The molecule has 1 aromatic rings. The van der Waals surface area contributed by atoms with Crippen LogP contribution in [0.5, 0.6) is 0 Å². The first kappa shape index (κ1) is 22.8. The van der Waals surface area contributed by atoms with Crippen LogP contribution in [-0.2, 0) is 10.2 Å². The Morgan fingerprint density at radius 2 is 2.00 bits per heavy atom. The fraction of sp³-hybridized carbons (Fsp3) is 0.696. The number of nitrogens with zero attached hydrogens (tertiary/aromatic N) is 3. The van der Waals surface area contributed by atoms with Crippen molar-refractivity contribution in [3.63, 3.8) is 0 Å². The van der Waals surface area contributed by atoms with Crippen molar-refractivity contribution in [1.29, 1.82) is 0 Å². The quantitative estimate of drug-likeness (QED) is 0.692. The maximum Gasteiger partial charge on any atom is 0.407 e. The van der Waals surface area contributed by atoms with Crippen LogP contribution in [0.1, 0.15) is 46.1 Å². The third-order valence-electron chi connectivity index (χ3n) is 6.43. The maximum absolute atomic E-state index is 13.9. The van der Waals surface area contributed by atoms with E-state index in [2.05, 4.69) is 37.5 Å². The van der Waals surface area contributed by atoms with E-state index in [0.717, 1.165) is 43.7 Å². The number of benzene rings is 1. The van der Waals surface area contributed by atoms with Crippen molar-refractivity contribution in [3.05, 3.63) is 29.6 Å². The molecule has 2 aliphatic heterocycles. The molecule has 1 atom stereocenters. The number of morpholine rings is 1. The van der Waals surface area contributed by atoms with Crippen molar-refractivity contribution in [2.45, 2.75) is 51.5 Å². The lowest BCUT2D eigenvalue weighted by Gasteiger charge is -2.46. The van der Waals surface area contributed by atoms with Crippen molar-refractivity contribution in [2.75, 3.05) is 57.4 Å². The first-order valence-electron chi connectivity index (χ1n) is 11.0. The average molecular weight is 422 g/mol. The van der Waals surface area contributed by atoms with Crippen LogP contribution < -0.4 is 4.90 Å². The Labute approximate surface area is 179 Å². The first-order chi connectivity index (χ1) is 14.2. The minimum absolute atomic E-state index is 0.186. The number of fused-ring (bicyclic) bond motifs is 1. The molecule has 1 aromatic carbocycles. The number of unbranched alkanes of at least 4 members (excludes halogenated alkanes) is 1. The molecule has 1 fully saturated rings. The molecule has 3 rings (SSSR count). The summed E-state index contributed by atoms with van der Waals surface area (Å²) in [6.45, 7) is 13.8. The van der Waals surface area contributed by atoms with E-state index >= 15 is 0 Å². The molecule has 0 aliphatic carbocycles. The summed E-state index contributed by atoms with van der Waals surface area (Å²) in [5, 5.41) is 10.1. The second-order valence-electron chi connectivity index (χ2n) is 9.57. The van der Waals surface area contributed by atoms with E-state index in [1.807, 2.05) is 6.07 Å². The number of rotatable bonds is 8. The Kier molecular flexibility index (Phi) is 6.92. The molecule has 6 nitrogen and oxygen atoms in total. The molecule has 2 aliphatic rings. The van der Waals surface area contributed by atoms with Gasteiger partial charge in [-0.3, -0.25) is 9.80 Å². The van der Waals surface area contributed by atoms with E-state index < -0.39 is 11.6 Å². The van der Waals surface area contributed by atoms with Gasteiger partial charge in [-0.1, -0.05) is 27.2 Å². The summed E-state index contributed by atoms with van der Waals surface area (Å²) in [4.78, 5) is 18.5. The Balaban J connectivity index is 1.91. The van der Waals surface area contributed by atoms with Crippen LogP contribution in [0.25, 0.3) is 0 Å².